The van der Waals surface area contributed by atoms with Crippen LogP contribution in [-0.4, -0.2) is 24.5 Å². The van der Waals surface area contributed by atoms with Crippen LogP contribution >= 0.6 is 0 Å². The van der Waals surface area contributed by atoms with Gasteiger partial charge in [0.25, 0.3) is 0 Å². The second kappa shape index (κ2) is 20.2. The van der Waals surface area contributed by atoms with Crippen molar-refractivity contribution in [1.29, 1.82) is 0 Å². The Kier molecular flexibility index (Phi) is 15.8. The van der Waals surface area contributed by atoms with E-state index in [1.54, 1.807) is 18.6 Å². The minimum atomic E-state index is 0. The number of benzene rings is 2. The molecule has 0 saturated heterocycles. The number of aromatic nitrogens is 5. The molecular formula is C42H41N5Pt2. The van der Waals surface area contributed by atoms with Crippen LogP contribution in [0.5, 0.6) is 0 Å². The van der Waals surface area contributed by atoms with Gasteiger partial charge in [0.1, 0.15) is 0 Å². The summed E-state index contributed by atoms with van der Waals surface area (Å²) in [5.74, 6) is 2.99. The van der Waals surface area contributed by atoms with Crippen LogP contribution in [0.1, 0.15) is 44.9 Å². The van der Waals surface area contributed by atoms with Crippen molar-refractivity contribution in [2.75, 3.05) is 0 Å². The van der Waals surface area contributed by atoms with Crippen LogP contribution in [0.25, 0.3) is 45.3 Å². The first-order valence-corrected chi connectivity index (χ1v) is 16.6. The quantitative estimate of drug-likeness (QED) is 0.156. The molecule has 2 saturated carbocycles. The average Bonchev–Trinajstić information content (AvgIpc) is 3.95. The maximum atomic E-state index is 4.63. The van der Waals surface area contributed by atoms with Gasteiger partial charge in [-0.15, -0.1) is 60.2 Å². The molecule has 2 aliphatic carbocycles. The predicted octanol–water partition coefficient (Wildman–Crippen LogP) is 9.94. The van der Waals surface area contributed by atoms with Crippen LogP contribution in [0.3, 0.4) is 0 Å². The molecule has 2 atom stereocenters. The van der Waals surface area contributed by atoms with E-state index in [1.165, 1.54) is 44.9 Å². The molecule has 0 aliphatic heterocycles. The van der Waals surface area contributed by atoms with Gasteiger partial charge in [-0.1, -0.05) is 78.6 Å². The van der Waals surface area contributed by atoms with Gasteiger partial charge in [0, 0.05) is 43.2 Å². The summed E-state index contributed by atoms with van der Waals surface area (Å²) >= 11 is 0. The summed E-state index contributed by atoms with van der Waals surface area (Å²) in [5, 5.41) is 0. The topological polar surface area (TPSA) is 56.5 Å². The first-order valence-electron chi connectivity index (χ1n) is 16.6. The van der Waals surface area contributed by atoms with E-state index >= 15 is 0 Å². The Morgan fingerprint density at radius 1 is 0.633 bits per heavy atom. The normalized spacial score (nSPS) is 16.2. The molecule has 2 fully saturated rings. The Labute approximate surface area is 320 Å². The van der Waals surface area contributed by atoms with Gasteiger partial charge < -0.3 is 17.4 Å². The van der Waals surface area contributed by atoms with Gasteiger partial charge in [0.05, 0.1) is 5.69 Å². The van der Waals surface area contributed by atoms with E-state index in [9.17, 15) is 0 Å². The molecule has 2 aromatic carbocycles. The number of aryl methyl sites for hydroxylation is 1. The zero-order valence-corrected chi connectivity index (χ0v) is 32.2. The number of hydrogen-bond acceptors (Lipinski definition) is 4. The van der Waals surface area contributed by atoms with E-state index in [0.717, 1.165) is 57.1 Å². The van der Waals surface area contributed by atoms with E-state index in [-0.39, 0.29) is 42.1 Å². The van der Waals surface area contributed by atoms with Gasteiger partial charge in [0.2, 0.25) is 0 Å². The van der Waals surface area contributed by atoms with Crippen LogP contribution in [0.2, 0.25) is 0 Å². The summed E-state index contributed by atoms with van der Waals surface area (Å²) in [7, 11) is 1.96. The monoisotopic (exact) mass is 1010 g/mol. The van der Waals surface area contributed by atoms with Crippen molar-refractivity contribution in [2.45, 2.75) is 44.9 Å². The number of pyridine rings is 3. The maximum Gasteiger partial charge on any atom is 2.00 e. The summed E-state index contributed by atoms with van der Waals surface area (Å²) in [6.07, 6.45) is 22.3. The van der Waals surface area contributed by atoms with Gasteiger partial charge >= 0.3 is 42.1 Å². The summed E-state index contributed by atoms with van der Waals surface area (Å²) in [6.45, 7) is 0. The van der Waals surface area contributed by atoms with Crippen LogP contribution < -0.4 is 0 Å². The number of rotatable bonds is 6. The summed E-state index contributed by atoms with van der Waals surface area (Å²) in [6, 6.07) is 38.1. The molecule has 0 radical (unpaired) electrons. The van der Waals surface area contributed by atoms with Crippen LogP contribution in [0.4, 0.5) is 0 Å². The van der Waals surface area contributed by atoms with Crippen molar-refractivity contribution in [1.82, 2.24) is 24.5 Å². The zero-order valence-electron chi connectivity index (χ0n) is 27.7. The minimum absolute atomic E-state index is 0. The molecule has 4 aromatic heterocycles. The predicted molar refractivity (Wildman–Crippen MR) is 190 cm³/mol. The van der Waals surface area contributed by atoms with E-state index in [0.29, 0.717) is 0 Å². The number of imidazole rings is 1. The molecule has 0 spiro atoms. The first-order chi connectivity index (χ1) is 23.2. The molecule has 49 heavy (non-hydrogen) atoms. The molecule has 4 heterocycles. The van der Waals surface area contributed by atoms with Crippen molar-refractivity contribution in [3.63, 3.8) is 0 Å². The third kappa shape index (κ3) is 11.2. The fraction of sp³-hybridized carbons (Fsp3) is 0.238. The van der Waals surface area contributed by atoms with Crippen LogP contribution in [0.15, 0.2) is 122 Å². The van der Waals surface area contributed by atoms with Crippen molar-refractivity contribution < 1.29 is 42.1 Å². The second-order valence-electron chi connectivity index (χ2n) is 12.1. The van der Waals surface area contributed by atoms with Crippen molar-refractivity contribution in [3.05, 3.63) is 147 Å². The van der Waals surface area contributed by atoms with E-state index in [2.05, 4.69) is 44.9 Å². The van der Waals surface area contributed by atoms with Gasteiger partial charge in [0.15, 0.2) is 5.82 Å². The van der Waals surface area contributed by atoms with Crippen molar-refractivity contribution in [2.24, 2.45) is 18.9 Å². The molecule has 6 aromatic rings. The number of nitrogens with zero attached hydrogens (tertiary/aromatic N) is 5. The largest absolute Gasteiger partial charge is 2.00 e. The molecule has 0 N–H and O–H groups in total. The molecule has 0 bridgehead atoms. The third-order valence-electron chi connectivity index (χ3n) is 8.69. The smallest absolute Gasteiger partial charge is 0.333 e. The molecule has 254 valence electrons. The van der Waals surface area contributed by atoms with E-state index in [4.69, 9.17) is 0 Å². The first kappa shape index (κ1) is 38.3. The van der Waals surface area contributed by atoms with Crippen LogP contribution in [0, 0.1) is 36.8 Å². The fourth-order valence-electron chi connectivity index (χ4n) is 6.24. The molecule has 7 heteroatoms. The molecule has 5 nitrogen and oxygen atoms in total. The Balaban J connectivity index is 0.000000167. The Bertz CT molecular complexity index is 1710. The summed E-state index contributed by atoms with van der Waals surface area (Å²) in [5.41, 5.74) is 6.60. The fourth-order valence-corrected chi connectivity index (χ4v) is 6.24. The molecule has 2 unspecified atom stereocenters. The molecule has 2 aliphatic rings. The standard InChI is InChI=1S/C16H11N2.C15H12N3.C11H18.2Pt/c1-3-10-17-15(8-1)13-6-5-7-14(12-13)16-9-2-4-11-18-16;1-18-11-10-16-15(18)14-9-5-8-13(17-14)12-6-3-2-4-7-12;1-2-6-10(5-1)9-11-7-3-4-8-11;;/h1-11H;2-6,8-11H,1H3;1,3,10-11H,2,4-9H2;;/q2*-1;-2;2*+2. The van der Waals surface area contributed by atoms with E-state index in [1.807, 2.05) is 115 Å². The minimum Gasteiger partial charge on any atom is -0.333 e. The Morgan fingerprint density at radius 2 is 1.20 bits per heavy atom. The SMILES string of the molecule is Cn1ccnc1-c1cccc(-c2[c-]cccc2)n1.[CH-]1CCC(CC2C[CH-]CC2)C1.[Pt+2].[Pt+2].[c-]1c(-c2ccccn2)cccc1-c1ccccn1. The van der Waals surface area contributed by atoms with Gasteiger partial charge in [-0.05, 0) is 23.9 Å². The van der Waals surface area contributed by atoms with Crippen molar-refractivity contribution in [3.8, 4) is 45.3 Å². The number of hydrogen-bond donors (Lipinski definition) is 0. The third-order valence-corrected chi connectivity index (χ3v) is 8.69. The molecule has 0 amide bonds. The zero-order chi connectivity index (χ0) is 32.1. The summed E-state index contributed by atoms with van der Waals surface area (Å²) < 4.78 is 1.96. The summed E-state index contributed by atoms with van der Waals surface area (Å²) in [4.78, 5) is 17.6. The second-order valence-corrected chi connectivity index (χ2v) is 12.1. The van der Waals surface area contributed by atoms with Gasteiger partial charge in [-0.25, -0.2) is 4.98 Å². The molecule has 8 rings (SSSR count). The Hall–Kier alpha value is -3.52. The Morgan fingerprint density at radius 3 is 1.71 bits per heavy atom. The maximum absolute atomic E-state index is 4.63. The van der Waals surface area contributed by atoms with Gasteiger partial charge in [-0.2, -0.15) is 25.7 Å². The van der Waals surface area contributed by atoms with Crippen molar-refractivity contribution >= 4 is 0 Å². The van der Waals surface area contributed by atoms with Gasteiger partial charge in [-0.3, -0.25) is 15.0 Å². The van der Waals surface area contributed by atoms with E-state index < -0.39 is 0 Å². The van der Waals surface area contributed by atoms with Crippen LogP contribution in [-0.2, 0) is 49.2 Å². The molecular weight excluding hydrogens is 965 g/mol. The average molecular weight is 1010 g/mol.